The van der Waals surface area contributed by atoms with E-state index in [2.05, 4.69) is 5.32 Å². The van der Waals surface area contributed by atoms with Gasteiger partial charge in [0.15, 0.2) is 0 Å². The second kappa shape index (κ2) is 10.9. The van der Waals surface area contributed by atoms with Gasteiger partial charge in [0.2, 0.25) is 10.0 Å². The molecule has 0 aliphatic carbocycles. The van der Waals surface area contributed by atoms with Crippen LogP contribution in [0.25, 0.3) is 0 Å². The van der Waals surface area contributed by atoms with Crippen molar-refractivity contribution in [1.82, 2.24) is 9.21 Å². The third-order valence-electron chi connectivity index (χ3n) is 6.43. The van der Waals surface area contributed by atoms with Gasteiger partial charge in [0, 0.05) is 26.2 Å². The minimum atomic E-state index is -3.73. The number of rotatable bonds is 5. The van der Waals surface area contributed by atoms with E-state index in [1.165, 1.54) is 22.5 Å². The summed E-state index contributed by atoms with van der Waals surface area (Å²) in [4.78, 5) is 28.1. The summed E-state index contributed by atoms with van der Waals surface area (Å²) < 4.78 is 27.9. The number of piperidine rings is 1. The average molecular weight is 504 g/mol. The molecule has 0 saturated carbocycles. The lowest BCUT2D eigenvalue weighted by molar-refractivity contribution is 0.0725. The molecule has 2 aromatic rings. The van der Waals surface area contributed by atoms with E-state index >= 15 is 0 Å². The highest BCUT2D eigenvalue weighted by Crippen LogP contribution is 2.27. The lowest BCUT2D eigenvalue weighted by Gasteiger charge is -2.27. The molecule has 0 spiro atoms. The number of anilines is 1. The first kappa shape index (κ1) is 24.7. The van der Waals surface area contributed by atoms with E-state index in [0.29, 0.717) is 37.4 Å². The first-order valence-electron chi connectivity index (χ1n) is 11.9. The van der Waals surface area contributed by atoms with Gasteiger partial charge in [-0.05, 0) is 62.4 Å². The first-order chi connectivity index (χ1) is 16.4. The summed E-state index contributed by atoms with van der Waals surface area (Å²) in [6, 6.07) is 11.1. The number of nitrogens with zero attached hydrogens (tertiary/aromatic N) is 2. The molecule has 0 radical (unpaired) electrons. The van der Waals surface area contributed by atoms with Crippen LogP contribution in [-0.4, -0.2) is 55.6 Å². The van der Waals surface area contributed by atoms with Crippen LogP contribution in [0.2, 0.25) is 5.02 Å². The number of nitrogens with one attached hydrogen (secondary N) is 1. The molecule has 2 aromatic carbocycles. The lowest BCUT2D eigenvalue weighted by atomic mass is 10.1. The van der Waals surface area contributed by atoms with Crippen molar-refractivity contribution < 1.29 is 18.0 Å². The maximum absolute atomic E-state index is 13.2. The Morgan fingerprint density at radius 2 is 1.41 bits per heavy atom. The Morgan fingerprint density at radius 3 is 2.12 bits per heavy atom. The second-order valence-corrected chi connectivity index (χ2v) is 11.2. The Kier molecular flexibility index (Phi) is 7.91. The zero-order valence-electron chi connectivity index (χ0n) is 19.1. The number of carbonyl (C=O) groups is 2. The number of amides is 2. The van der Waals surface area contributed by atoms with E-state index in [-0.39, 0.29) is 21.4 Å². The van der Waals surface area contributed by atoms with Gasteiger partial charge < -0.3 is 10.2 Å². The molecule has 0 aromatic heterocycles. The number of para-hydroxylation sites is 1. The van der Waals surface area contributed by atoms with E-state index < -0.39 is 15.9 Å². The molecule has 0 unspecified atom stereocenters. The molecule has 2 saturated heterocycles. The molecule has 2 amide bonds. The minimum absolute atomic E-state index is 0.0432. The third kappa shape index (κ3) is 5.45. The van der Waals surface area contributed by atoms with Crippen molar-refractivity contribution in [3.63, 3.8) is 0 Å². The van der Waals surface area contributed by atoms with Crippen LogP contribution in [0.4, 0.5) is 5.69 Å². The van der Waals surface area contributed by atoms with Crippen molar-refractivity contribution >= 4 is 39.1 Å². The zero-order valence-corrected chi connectivity index (χ0v) is 20.7. The predicted octanol–water partition coefficient (Wildman–Crippen LogP) is 4.78. The number of sulfonamides is 1. The minimum Gasteiger partial charge on any atom is -0.339 e. The molecule has 182 valence electrons. The van der Waals surface area contributed by atoms with Crippen molar-refractivity contribution in [3.05, 3.63) is 58.6 Å². The van der Waals surface area contributed by atoms with Gasteiger partial charge in [0.05, 0.1) is 26.7 Å². The molecule has 2 aliphatic heterocycles. The predicted molar refractivity (Wildman–Crippen MR) is 133 cm³/mol. The van der Waals surface area contributed by atoms with Gasteiger partial charge in [-0.1, -0.05) is 36.6 Å². The van der Waals surface area contributed by atoms with E-state index in [1.807, 2.05) is 0 Å². The average Bonchev–Trinajstić information content (AvgIpc) is 3.15. The molecule has 1 N–H and O–H groups in total. The fourth-order valence-electron chi connectivity index (χ4n) is 4.51. The monoisotopic (exact) mass is 503 g/mol. The van der Waals surface area contributed by atoms with Crippen LogP contribution in [0, 0.1) is 0 Å². The van der Waals surface area contributed by atoms with Crippen molar-refractivity contribution in [2.24, 2.45) is 0 Å². The van der Waals surface area contributed by atoms with Crippen LogP contribution in [-0.2, 0) is 10.0 Å². The van der Waals surface area contributed by atoms with Crippen LogP contribution in [0.3, 0.4) is 0 Å². The van der Waals surface area contributed by atoms with Gasteiger partial charge in [0.25, 0.3) is 11.8 Å². The van der Waals surface area contributed by atoms with Gasteiger partial charge >= 0.3 is 0 Å². The van der Waals surface area contributed by atoms with Gasteiger partial charge in [-0.3, -0.25) is 9.59 Å². The topological polar surface area (TPSA) is 86.8 Å². The van der Waals surface area contributed by atoms with Crippen molar-refractivity contribution in [2.75, 3.05) is 31.5 Å². The van der Waals surface area contributed by atoms with Crippen LogP contribution in [0.1, 0.15) is 65.7 Å². The smallest absolute Gasteiger partial charge is 0.257 e. The number of hydrogen-bond donors (Lipinski definition) is 1. The largest absolute Gasteiger partial charge is 0.339 e. The molecular formula is C25H30ClN3O4S. The standard InChI is InChI=1S/C25H30ClN3O4S/c26-22-13-12-19(34(32,33)29-16-8-1-2-9-17-29)18-21(22)24(30)27-23-11-5-4-10-20(23)25(31)28-14-6-3-7-15-28/h4-5,10-13,18H,1-3,6-9,14-17H2,(H,27,30). The maximum Gasteiger partial charge on any atom is 0.257 e. The van der Waals surface area contributed by atoms with E-state index in [0.717, 1.165) is 44.9 Å². The Hall–Kier alpha value is -2.42. The highest BCUT2D eigenvalue weighted by atomic mass is 35.5. The maximum atomic E-state index is 13.2. The molecule has 4 rings (SSSR count). The van der Waals surface area contributed by atoms with Crippen molar-refractivity contribution in [2.45, 2.75) is 49.8 Å². The van der Waals surface area contributed by atoms with Gasteiger partial charge in [-0.2, -0.15) is 4.31 Å². The summed E-state index contributed by atoms with van der Waals surface area (Å²) in [7, 11) is -3.73. The summed E-state index contributed by atoms with van der Waals surface area (Å²) in [5.74, 6) is -0.684. The number of halogens is 1. The molecule has 9 heteroatoms. The summed E-state index contributed by atoms with van der Waals surface area (Å²) in [5.41, 5.74) is 0.833. The number of benzene rings is 2. The SMILES string of the molecule is O=C(Nc1ccccc1C(=O)N1CCCCC1)c1cc(S(=O)(=O)N2CCCCCC2)ccc1Cl. The molecule has 0 atom stereocenters. The van der Waals surface area contributed by atoms with Crippen LogP contribution in [0.5, 0.6) is 0 Å². The molecular weight excluding hydrogens is 474 g/mol. The fraction of sp³-hybridized carbons (Fsp3) is 0.440. The van der Waals surface area contributed by atoms with Gasteiger partial charge in [-0.15, -0.1) is 0 Å². The quantitative estimate of drug-likeness (QED) is 0.636. The van der Waals surface area contributed by atoms with Gasteiger partial charge in [-0.25, -0.2) is 8.42 Å². The normalized spacial score (nSPS) is 17.7. The lowest BCUT2D eigenvalue weighted by Crippen LogP contribution is -2.36. The molecule has 2 fully saturated rings. The third-order valence-corrected chi connectivity index (χ3v) is 8.66. The van der Waals surface area contributed by atoms with Crippen LogP contribution >= 0.6 is 11.6 Å². The first-order valence-corrected chi connectivity index (χ1v) is 13.7. The van der Waals surface area contributed by atoms with Gasteiger partial charge in [0.1, 0.15) is 0 Å². The summed E-state index contributed by atoms with van der Waals surface area (Å²) in [6.45, 7) is 2.34. The Labute approximate surface area is 206 Å². The van der Waals surface area contributed by atoms with E-state index in [1.54, 1.807) is 29.2 Å². The molecule has 0 bridgehead atoms. The number of carbonyl (C=O) groups excluding carboxylic acids is 2. The summed E-state index contributed by atoms with van der Waals surface area (Å²) >= 11 is 6.30. The molecule has 34 heavy (non-hydrogen) atoms. The fourth-order valence-corrected chi connectivity index (χ4v) is 6.25. The summed E-state index contributed by atoms with van der Waals surface area (Å²) in [5, 5.41) is 2.92. The molecule has 2 heterocycles. The number of hydrogen-bond acceptors (Lipinski definition) is 4. The molecule has 2 aliphatic rings. The Balaban J connectivity index is 1.58. The van der Waals surface area contributed by atoms with Crippen molar-refractivity contribution in [3.8, 4) is 0 Å². The zero-order chi connectivity index (χ0) is 24.1. The van der Waals surface area contributed by atoms with E-state index in [9.17, 15) is 18.0 Å². The second-order valence-electron chi connectivity index (χ2n) is 8.81. The van der Waals surface area contributed by atoms with E-state index in [4.69, 9.17) is 11.6 Å². The van der Waals surface area contributed by atoms with Crippen LogP contribution < -0.4 is 5.32 Å². The van der Waals surface area contributed by atoms with Crippen molar-refractivity contribution in [1.29, 1.82) is 0 Å². The highest BCUT2D eigenvalue weighted by Gasteiger charge is 2.27. The Morgan fingerprint density at radius 1 is 0.794 bits per heavy atom. The number of likely N-dealkylation sites (tertiary alicyclic amines) is 1. The summed E-state index contributed by atoms with van der Waals surface area (Å²) in [6.07, 6.45) is 6.70. The van der Waals surface area contributed by atoms with Crippen LogP contribution in [0.15, 0.2) is 47.4 Å². The Bertz CT molecular complexity index is 1150. The molecule has 7 nitrogen and oxygen atoms in total. The highest BCUT2D eigenvalue weighted by molar-refractivity contribution is 7.89.